The van der Waals surface area contributed by atoms with E-state index in [0.717, 1.165) is 19.6 Å². The fourth-order valence-electron chi connectivity index (χ4n) is 2.01. The molecule has 2 heterocycles. The Morgan fingerprint density at radius 2 is 2.31 bits per heavy atom. The average Bonchev–Trinajstić information content (AvgIpc) is 2.20. The second-order valence-electron chi connectivity index (χ2n) is 4.81. The van der Waals surface area contributed by atoms with Crippen LogP contribution in [0.3, 0.4) is 0 Å². The van der Waals surface area contributed by atoms with Gasteiger partial charge in [-0.2, -0.15) is 11.8 Å². The van der Waals surface area contributed by atoms with E-state index in [4.69, 9.17) is 11.6 Å². The number of hydrogen-bond acceptors (Lipinski definition) is 3. The van der Waals surface area contributed by atoms with E-state index in [1.54, 1.807) is 0 Å². The third-order valence-corrected chi connectivity index (χ3v) is 4.22. The summed E-state index contributed by atoms with van der Waals surface area (Å²) in [5.41, 5.74) is 1.24. The molecule has 1 aliphatic rings. The third kappa shape index (κ3) is 3.37. The minimum absolute atomic E-state index is 0.373. The van der Waals surface area contributed by atoms with Gasteiger partial charge in [0.15, 0.2) is 0 Å². The molecule has 0 aromatic carbocycles. The fourth-order valence-corrected chi connectivity index (χ4v) is 3.30. The van der Waals surface area contributed by atoms with Crippen molar-refractivity contribution in [3.05, 3.63) is 29.0 Å². The highest BCUT2D eigenvalue weighted by atomic mass is 35.5. The molecule has 2 rings (SSSR count). The molecular weight excluding hydrogens is 240 g/mol. The van der Waals surface area contributed by atoms with E-state index in [1.807, 2.05) is 12.3 Å². The van der Waals surface area contributed by atoms with Crippen molar-refractivity contribution >= 4 is 23.4 Å². The second-order valence-corrected chi connectivity index (χ2v) is 7.00. The molecule has 1 aromatic rings. The SMILES string of the molecule is CC1(C)CN(Cc2ccc(Cl)nc2)CCS1. The van der Waals surface area contributed by atoms with Crippen LogP contribution in [0.15, 0.2) is 18.3 Å². The van der Waals surface area contributed by atoms with Crippen molar-refractivity contribution in [3.63, 3.8) is 0 Å². The molecule has 1 aliphatic heterocycles. The summed E-state index contributed by atoms with van der Waals surface area (Å²) in [7, 11) is 0. The van der Waals surface area contributed by atoms with E-state index in [-0.39, 0.29) is 0 Å². The molecule has 1 saturated heterocycles. The Hall–Kier alpha value is -0.250. The van der Waals surface area contributed by atoms with Gasteiger partial charge in [-0.15, -0.1) is 0 Å². The molecule has 0 saturated carbocycles. The molecule has 0 radical (unpaired) electrons. The molecule has 0 N–H and O–H groups in total. The Bertz CT molecular complexity index is 351. The molecule has 0 amide bonds. The highest BCUT2D eigenvalue weighted by molar-refractivity contribution is 8.00. The Kier molecular flexibility index (Phi) is 3.77. The van der Waals surface area contributed by atoms with Gasteiger partial charge >= 0.3 is 0 Å². The summed E-state index contributed by atoms with van der Waals surface area (Å²) in [6.45, 7) is 7.90. The zero-order chi connectivity index (χ0) is 11.6. The molecule has 0 bridgehead atoms. The van der Waals surface area contributed by atoms with Crippen LogP contribution in [0.2, 0.25) is 5.15 Å². The second kappa shape index (κ2) is 4.94. The lowest BCUT2D eigenvalue weighted by molar-refractivity contribution is 0.252. The van der Waals surface area contributed by atoms with E-state index >= 15 is 0 Å². The summed E-state index contributed by atoms with van der Waals surface area (Å²) in [6.07, 6.45) is 1.87. The molecule has 0 spiro atoms. The number of thioether (sulfide) groups is 1. The van der Waals surface area contributed by atoms with Crippen LogP contribution in [0.5, 0.6) is 0 Å². The molecular formula is C12H17ClN2S. The van der Waals surface area contributed by atoms with Gasteiger partial charge in [-0.3, -0.25) is 4.90 Å². The molecule has 1 fully saturated rings. The highest BCUT2D eigenvalue weighted by Gasteiger charge is 2.26. The Labute approximate surface area is 106 Å². The fraction of sp³-hybridized carbons (Fsp3) is 0.583. The van der Waals surface area contributed by atoms with Crippen LogP contribution in [-0.4, -0.2) is 33.5 Å². The molecule has 2 nitrogen and oxygen atoms in total. The molecule has 0 atom stereocenters. The number of pyridine rings is 1. The molecule has 0 aliphatic carbocycles. The number of nitrogens with zero attached hydrogens (tertiary/aromatic N) is 2. The summed E-state index contributed by atoms with van der Waals surface area (Å²) in [6, 6.07) is 3.92. The minimum atomic E-state index is 0.373. The predicted molar refractivity (Wildman–Crippen MR) is 71.1 cm³/mol. The van der Waals surface area contributed by atoms with Crippen LogP contribution < -0.4 is 0 Å². The maximum absolute atomic E-state index is 5.77. The van der Waals surface area contributed by atoms with Gasteiger partial charge in [-0.25, -0.2) is 4.98 Å². The lowest BCUT2D eigenvalue weighted by Crippen LogP contribution is -2.42. The van der Waals surface area contributed by atoms with Crippen molar-refractivity contribution in [1.82, 2.24) is 9.88 Å². The Morgan fingerprint density at radius 1 is 1.50 bits per heavy atom. The van der Waals surface area contributed by atoms with Crippen molar-refractivity contribution in [1.29, 1.82) is 0 Å². The van der Waals surface area contributed by atoms with E-state index < -0.39 is 0 Å². The van der Waals surface area contributed by atoms with Gasteiger partial charge in [0, 0.05) is 36.3 Å². The lowest BCUT2D eigenvalue weighted by Gasteiger charge is -2.37. The van der Waals surface area contributed by atoms with E-state index in [2.05, 4.69) is 41.6 Å². The summed E-state index contributed by atoms with van der Waals surface area (Å²) >= 11 is 7.83. The van der Waals surface area contributed by atoms with Gasteiger partial charge in [-0.1, -0.05) is 17.7 Å². The topological polar surface area (TPSA) is 16.1 Å². The van der Waals surface area contributed by atoms with Gasteiger partial charge in [0.2, 0.25) is 0 Å². The number of rotatable bonds is 2. The van der Waals surface area contributed by atoms with Crippen LogP contribution in [0.4, 0.5) is 0 Å². The molecule has 0 unspecified atom stereocenters. The summed E-state index contributed by atoms with van der Waals surface area (Å²) in [4.78, 5) is 6.60. The molecule has 88 valence electrons. The smallest absolute Gasteiger partial charge is 0.129 e. The summed E-state index contributed by atoms with van der Waals surface area (Å²) < 4.78 is 0.373. The Morgan fingerprint density at radius 3 is 2.94 bits per heavy atom. The first-order valence-electron chi connectivity index (χ1n) is 5.52. The van der Waals surface area contributed by atoms with Crippen LogP contribution in [0, 0.1) is 0 Å². The summed E-state index contributed by atoms with van der Waals surface area (Å²) in [5, 5.41) is 0.568. The lowest BCUT2D eigenvalue weighted by atomic mass is 10.1. The largest absolute Gasteiger partial charge is 0.297 e. The van der Waals surface area contributed by atoms with Crippen LogP contribution >= 0.6 is 23.4 Å². The number of halogens is 1. The number of aromatic nitrogens is 1. The summed E-state index contributed by atoms with van der Waals surface area (Å²) in [5.74, 6) is 1.22. The molecule has 16 heavy (non-hydrogen) atoms. The van der Waals surface area contributed by atoms with Gasteiger partial charge in [-0.05, 0) is 25.5 Å². The van der Waals surface area contributed by atoms with Crippen molar-refractivity contribution in [2.75, 3.05) is 18.8 Å². The van der Waals surface area contributed by atoms with Crippen LogP contribution in [0.1, 0.15) is 19.4 Å². The maximum Gasteiger partial charge on any atom is 0.129 e. The van der Waals surface area contributed by atoms with Crippen LogP contribution in [0.25, 0.3) is 0 Å². The molecule has 4 heteroatoms. The first-order valence-corrected chi connectivity index (χ1v) is 6.88. The van der Waals surface area contributed by atoms with Gasteiger partial charge in [0.05, 0.1) is 0 Å². The average molecular weight is 257 g/mol. The third-order valence-electron chi connectivity index (χ3n) is 2.70. The standard InChI is InChI=1S/C12H17ClN2S/c1-12(2)9-15(5-6-16-12)8-10-3-4-11(13)14-7-10/h3-4,7H,5-6,8-9H2,1-2H3. The van der Waals surface area contributed by atoms with Crippen molar-refractivity contribution < 1.29 is 0 Å². The van der Waals surface area contributed by atoms with Gasteiger partial charge < -0.3 is 0 Å². The zero-order valence-electron chi connectivity index (χ0n) is 9.74. The first kappa shape index (κ1) is 12.2. The highest BCUT2D eigenvalue weighted by Crippen LogP contribution is 2.30. The maximum atomic E-state index is 5.77. The Balaban J connectivity index is 1.97. The number of hydrogen-bond donors (Lipinski definition) is 0. The zero-order valence-corrected chi connectivity index (χ0v) is 11.3. The van der Waals surface area contributed by atoms with Crippen molar-refractivity contribution in [3.8, 4) is 0 Å². The normalized spacial score (nSPS) is 20.9. The first-order chi connectivity index (χ1) is 7.55. The monoisotopic (exact) mass is 256 g/mol. The minimum Gasteiger partial charge on any atom is -0.297 e. The molecule has 1 aromatic heterocycles. The van der Waals surface area contributed by atoms with Crippen molar-refractivity contribution in [2.45, 2.75) is 25.1 Å². The van der Waals surface area contributed by atoms with Gasteiger partial charge in [0.25, 0.3) is 0 Å². The van der Waals surface area contributed by atoms with Crippen LogP contribution in [-0.2, 0) is 6.54 Å². The van der Waals surface area contributed by atoms with Gasteiger partial charge in [0.1, 0.15) is 5.15 Å². The van der Waals surface area contributed by atoms with E-state index in [1.165, 1.54) is 11.3 Å². The van der Waals surface area contributed by atoms with Crippen molar-refractivity contribution in [2.24, 2.45) is 0 Å². The van der Waals surface area contributed by atoms with E-state index in [0.29, 0.717) is 9.90 Å². The quantitative estimate of drug-likeness (QED) is 0.757. The van der Waals surface area contributed by atoms with E-state index in [9.17, 15) is 0 Å². The predicted octanol–water partition coefficient (Wildman–Crippen LogP) is 3.06.